The first-order valence-corrected chi connectivity index (χ1v) is 8.64. The van der Waals surface area contributed by atoms with E-state index in [-0.39, 0.29) is 24.6 Å². The molecule has 2 aromatic rings. The van der Waals surface area contributed by atoms with Crippen molar-refractivity contribution in [2.75, 3.05) is 13.3 Å². The zero-order valence-electron chi connectivity index (χ0n) is 13.5. The second-order valence-corrected chi connectivity index (χ2v) is 6.73. The number of benzene rings is 2. The maximum absolute atomic E-state index is 13.4. The van der Waals surface area contributed by atoms with Gasteiger partial charge in [-0.15, -0.1) is 0 Å². The molecular weight excluding hydrogens is 345 g/mol. The summed E-state index contributed by atoms with van der Waals surface area (Å²) in [6.07, 6.45) is 2.48. The molecule has 6 heteroatoms. The van der Waals surface area contributed by atoms with E-state index in [0.29, 0.717) is 35.1 Å². The highest BCUT2D eigenvalue weighted by atomic mass is 35.5. The van der Waals surface area contributed by atoms with Crippen molar-refractivity contribution in [3.05, 3.63) is 58.4 Å². The molecule has 4 rings (SSSR count). The molecule has 2 aliphatic rings. The Bertz CT molecular complexity index is 826. The Balaban J connectivity index is 1.56. The van der Waals surface area contributed by atoms with Crippen LogP contribution in [0.15, 0.2) is 36.4 Å². The van der Waals surface area contributed by atoms with E-state index in [4.69, 9.17) is 21.1 Å². The van der Waals surface area contributed by atoms with Crippen molar-refractivity contribution in [3.8, 4) is 11.5 Å². The summed E-state index contributed by atoms with van der Waals surface area (Å²) in [4.78, 5) is 14.8. The molecule has 0 bridgehead atoms. The summed E-state index contributed by atoms with van der Waals surface area (Å²) in [6.45, 7) is 0.795. The summed E-state index contributed by atoms with van der Waals surface area (Å²) in [5.41, 5.74) is 1.38. The van der Waals surface area contributed by atoms with E-state index in [2.05, 4.69) is 0 Å². The molecule has 2 aromatic carbocycles. The van der Waals surface area contributed by atoms with E-state index in [1.165, 1.54) is 12.1 Å². The zero-order valence-corrected chi connectivity index (χ0v) is 14.3. The second kappa shape index (κ2) is 6.56. The molecule has 4 nitrogen and oxygen atoms in total. The van der Waals surface area contributed by atoms with Crippen LogP contribution in [-0.2, 0) is 6.42 Å². The number of likely N-dealkylation sites (tertiary alicyclic amines) is 1. The number of hydrogen-bond acceptors (Lipinski definition) is 3. The molecule has 0 N–H and O–H groups in total. The van der Waals surface area contributed by atoms with Gasteiger partial charge < -0.3 is 14.4 Å². The van der Waals surface area contributed by atoms with Gasteiger partial charge in [0, 0.05) is 18.2 Å². The zero-order chi connectivity index (χ0) is 17.4. The van der Waals surface area contributed by atoms with E-state index < -0.39 is 0 Å². The number of rotatable bonds is 3. The van der Waals surface area contributed by atoms with E-state index in [9.17, 15) is 9.18 Å². The van der Waals surface area contributed by atoms with Crippen molar-refractivity contribution in [3.63, 3.8) is 0 Å². The third kappa shape index (κ3) is 3.16. The fourth-order valence-corrected chi connectivity index (χ4v) is 3.77. The molecule has 1 fully saturated rings. The van der Waals surface area contributed by atoms with Gasteiger partial charge in [-0.1, -0.05) is 23.7 Å². The van der Waals surface area contributed by atoms with Crippen LogP contribution >= 0.6 is 11.6 Å². The SMILES string of the molecule is O=C(c1cc(Cl)c2c(c1)OCO2)N1CCCC1Cc1cccc(F)c1. The minimum Gasteiger partial charge on any atom is -0.454 e. The van der Waals surface area contributed by atoms with E-state index in [0.717, 1.165) is 18.4 Å². The van der Waals surface area contributed by atoms with Gasteiger partial charge in [0.15, 0.2) is 11.5 Å². The first-order chi connectivity index (χ1) is 12.1. The second-order valence-electron chi connectivity index (χ2n) is 6.32. The van der Waals surface area contributed by atoms with Gasteiger partial charge in [-0.2, -0.15) is 0 Å². The van der Waals surface area contributed by atoms with Gasteiger partial charge >= 0.3 is 0 Å². The molecule has 2 aliphatic heterocycles. The quantitative estimate of drug-likeness (QED) is 0.827. The van der Waals surface area contributed by atoms with Crippen LogP contribution in [0.5, 0.6) is 11.5 Å². The highest BCUT2D eigenvalue weighted by Crippen LogP contribution is 2.40. The Labute approximate surface area is 150 Å². The minimum absolute atomic E-state index is 0.0542. The molecule has 0 aromatic heterocycles. The van der Waals surface area contributed by atoms with Crippen LogP contribution in [0.3, 0.4) is 0 Å². The predicted molar refractivity (Wildman–Crippen MR) is 91.7 cm³/mol. The molecule has 0 radical (unpaired) electrons. The molecule has 1 atom stereocenters. The molecule has 0 saturated carbocycles. The summed E-state index contributed by atoms with van der Waals surface area (Å²) in [5.74, 6) is 0.641. The number of carbonyl (C=O) groups is 1. The largest absolute Gasteiger partial charge is 0.454 e. The van der Waals surface area contributed by atoms with Crippen molar-refractivity contribution in [1.29, 1.82) is 0 Å². The first-order valence-electron chi connectivity index (χ1n) is 8.26. The maximum atomic E-state index is 13.4. The van der Waals surface area contributed by atoms with E-state index in [1.807, 2.05) is 11.0 Å². The normalized spacial score (nSPS) is 18.6. The molecule has 1 amide bonds. The molecule has 2 heterocycles. The van der Waals surface area contributed by atoms with Gasteiger partial charge in [0.25, 0.3) is 5.91 Å². The monoisotopic (exact) mass is 361 g/mol. The Morgan fingerprint density at radius 2 is 2.16 bits per heavy atom. The van der Waals surface area contributed by atoms with Crippen LogP contribution in [0.4, 0.5) is 4.39 Å². The smallest absolute Gasteiger partial charge is 0.254 e. The highest BCUT2D eigenvalue weighted by Gasteiger charge is 2.31. The first kappa shape index (κ1) is 16.2. The lowest BCUT2D eigenvalue weighted by Gasteiger charge is -2.25. The Hall–Kier alpha value is -2.27. The Kier molecular flexibility index (Phi) is 4.25. The number of amides is 1. The van der Waals surface area contributed by atoms with Gasteiger partial charge in [0.05, 0.1) is 5.02 Å². The van der Waals surface area contributed by atoms with Crippen molar-refractivity contribution in [1.82, 2.24) is 4.90 Å². The highest BCUT2D eigenvalue weighted by molar-refractivity contribution is 6.32. The standard InChI is InChI=1S/C19H17ClFNO3/c20-16-9-13(10-17-18(16)25-11-24-17)19(23)22-6-2-5-15(22)8-12-3-1-4-14(21)7-12/h1,3-4,7,9-10,15H,2,5-6,8,11H2. The summed E-state index contributed by atoms with van der Waals surface area (Å²) in [5, 5.41) is 0.374. The van der Waals surface area contributed by atoms with Crippen LogP contribution in [0.2, 0.25) is 5.02 Å². The third-order valence-corrected chi connectivity index (χ3v) is 4.95. The minimum atomic E-state index is -0.254. The average Bonchev–Trinajstić information content (AvgIpc) is 3.23. The lowest BCUT2D eigenvalue weighted by Crippen LogP contribution is -2.36. The number of nitrogens with zero attached hydrogens (tertiary/aromatic N) is 1. The van der Waals surface area contributed by atoms with E-state index in [1.54, 1.807) is 18.2 Å². The van der Waals surface area contributed by atoms with Gasteiger partial charge in [-0.3, -0.25) is 4.79 Å². The lowest BCUT2D eigenvalue weighted by atomic mass is 10.0. The van der Waals surface area contributed by atoms with Gasteiger partial charge in [-0.25, -0.2) is 4.39 Å². The molecule has 1 unspecified atom stereocenters. The fraction of sp³-hybridized carbons (Fsp3) is 0.316. The number of hydrogen-bond donors (Lipinski definition) is 0. The van der Waals surface area contributed by atoms with Crippen LogP contribution in [-0.4, -0.2) is 30.2 Å². The molecule has 0 aliphatic carbocycles. The number of halogens is 2. The topological polar surface area (TPSA) is 38.8 Å². The van der Waals surface area contributed by atoms with Crippen molar-refractivity contribution in [2.45, 2.75) is 25.3 Å². The van der Waals surface area contributed by atoms with Crippen molar-refractivity contribution < 1.29 is 18.7 Å². The van der Waals surface area contributed by atoms with Crippen LogP contribution < -0.4 is 9.47 Å². The number of fused-ring (bicyclic) bond motifs is 1. The van der Waals surface area contributed by atoms with Crippen molar-refractivity contribution in [2.24, 2.45) is 0 Å². The van der Waals surface area contributed by atoms with Crippen LogP contribution in [0.25, 0.3) is 0 Å². The fourth-order valence-electron chi connectivity index (χ4n) is 3.51. The predicted octanol–water partition coefficient (Wildman–Crippen LogP) is 4.06. The lowest BCUT2D eigenvalue weighted by molar-refractivity contribution is 0.0736. The molecule has 1 saturated heterocycles. The Morgan fingerprint density at radius 3 is 3.00 bits per heavy atom. The molecular formula is C19H17ClFNO3. The summed E-state index contributed by atoms with van der Waals surface area (Å²) < 4.78 is 24.0. The molecule has 0 spiro atoms. The summed E-state index contributed by atoms with van der Waals surface area (Å²) in [6, 6.07) is 9.89. The maximum Gasteiger partial charge on any atom is 0.254 e. The Morgan fingerprint density at radius 1 is 1.28 bits per heavy atom. The molecule has 130 valence electrons. The van der Waals surface area contributed by atoms with Gasteiger partial charge in [0.1, 0.15) is 5.82 Å². The van der Waals surface area contributed by atoms with Gasteiger partial charge in [-0.05, 0) is 49.1 Å². The number of carbonyl (C=O) groups excluding carboxylic acids is 1. The summed E-state index contributed by atoms with van der Waals surface area (Å²) >= 11 is 6.19. The molecule has 25 heavy (non-hydrogen) atoms. The third-order valence-electron chi connectivity index (χ3n) is 4.67. The van der Waals surface area contributed by atoms with E-state index >= 15 is 0 Å². The van der Waals surface area contributed by atoms with Gasteiger partial charge in [0.2, 0.25) is 6.79 Å². The van der Waals surface area contributed by atoms with Crippen molar-refractivity contribution >= 4 is 17.5 Å². The summed E-state index contributed by atoms with van der Waals surface area (Å²) in [7, 11) is 0. The van der Waals surface area contributed by atoms with Crippen LogP contribution in [0, 0.1) is 5.82 Å². The number of ether oxygens (including phenoxy) is 2. The van der Waals surface area contributed by atoms with Crippen LogP contribution in [0.1, 0.15) is 28.8 Å². The average molecular weight is 362 g/mol.